The Kier molecular flexibility index (Phi) is 6.83. The molecule has 3 heterocycles. The number of anilines is 1. The summed E-state index contributed by atoms with van der Waals surface area (Å²) in [5.41, 5.74) is 4.18. The summed E-state index contributed by atoms with van der Waals surface area (Å²) in [5.74, 6) is 0. The number of pyridine rings is 1. The zero-order valence-electron chi connectivity index (χ0n) is 20.6. The van der Waals surface area contributed by atoms with E-state index in [0.29, 0.717) is 5.11 Å². The maximum absolute atomic E-state index is 10.9. The number of aromatic nitrogens is 2. The molecule has 6 rings (SSSR count). The molecule has 39 heavy (non-hydrogen) atoms. The molecule has 0 spiro atoms. The van der Waals surface area contributed by atoms with Crippen LogP contribution in [0.5, 0.6) is 0 Å². The average molecular weight is 550 g/mol. The monoisotopic (exact) mass is 549 g/mol. The van der Waals surface area contributed by atoms with Crippen LogP contribution >= 0.6 is 24.0 Å². The van der Waals surface area contributed by atoms with Gasteiger partial charge in [-0.2, -0.15) is 0 Å². The summed E-state index contributed by atoms with van der Waals surface area (Å²) >= 11 is 7.42. The molecule has 9 heteroatoms. The van der Waals surface area contributed by atoms with Crippen LogP contribution in [0.2, 0.25) is 0 Å². The minimum absolute atomic E-state index is 0.0827. The second-order valence-corrected chi connectivity index (χ2v) is 10.6. The lowest BCUT2D eigenvalue weighted by Crippen LogP contribution is -2.29. The van der Waals surface area contributed by atoms with E-state index >= 15 is 0 Å². The summed E-state index contributed by atoms with van der Waals surface area (Å²) in [5, 5.41) is 15.1. The van der Waals surface area contributed by atoms with Crippen molar-refractivity contribution in [2.24, 2.45) is 0 Å². The molecule has 5 aromatic rings. The molecule has 2 atom stereocenters. The topological polar surface area (TPSA) is 76.2 Å². The maximum Gasteiger partial charge on any atom is 0.269 e. The number of nitrogens with one attached hydrogen (secondary N) is 1. The van der Waals surface area contributed by atoms with Crippen LogP contribution in [0.25, 0.3) is 5.69 Å². The van der Waals surface area contributed by atoms with E-state index in [4.69, 9.17) is 12.2 Å². The third-order valence-corrected chi connectivity index (χ3v) is 7.94. The number of rotatable bonds is 7. The van der Waals surface area contributed by atoms with Gasteiger partial charge < -0.3 is 14.8 Å². The summed E-state index contributed by atoms with van der Waals surface area (Å²) in [6.07, 6.45) is 6.03. The summed E-state index contributed by atoms with van der Waals surface area (Å²) in [6.45, 7) is 0. The maximum atomic E-state index is 10.9. The second kappa shape index (κ2) is 10.7. The van der Waals surface area contributed by atoms with Gasteiger partial charge in [0.05, 0.1) is 22.7 Å². The van der Waals surface area contributed by atoms with Crippen LogP contribution in [0.15, 0.2) is 132 Å². The lowest BCUT2D eigenvalue weighted by molar-refractivity contribution is -0.384. The number of non-ortho nitro benzene ring substituents is 1. The van der Waals surface area contributed by atoms with E-state index < -0.39 is 0 Å². The summed E-state index contributed by atoms with van der Waals surface area (Å²) in [6, 6.07) is 32.8. The Morgan fingerprint density at radius 1 is 0.846 bits per heavy atom. The zero-order valence-corrected chi connectivity index (χ0v) is 22.3. The summed E-state index contributed by atoms with van der Waals surface area (Å²) in [7, 11) is 0. The van der Waals surface area contributed by atoms with E-state index in [0.717, 1.165) is 32.4 Å². The van der Waals surface area contributed by atoms with Crippen molar-refractivity contribution in [3.05, 3.63) is 143 Å². The molecule has 1 fully saturated rings. The smallest absolute Gasteiger partial charge is 0.269 e. The highest BCUT2D eigenvalue weighted by Gasteiger charge is 2.41. The number of para-hydroxylation sites is 1. The van der Waals surface area contributed by atoms with Gasteiger partial charge in [0.15, 0.2) is 5.11 Å². The highest BCUT2D eigenvalue weighted by Crippen LogP contribution is 2.42. The summed E-state index contributed by atoms with van der Waals surface area (Å²) in [4.78, 5) is 19.3. The van der Waals surface area contributed by atoms with Crippen LogP contribution < -0.4 is 10.2 Å². The molecule has 1 saturated heterocycles. The Morgan fingerprint density at radius 2 is 1.54 bits per heavy atom. The highest BCUT2D eigenvalue weighted by atomic mass is 32.2. The van der Waals surface area contributed by atoms with Crippen molar-refractivity contribution < 1.29 is 4.92 Å². The standard InChI is InChI=1S/C30H23N5O2S2/c36-35(37)24-11-15-26(16-12-24)39-25-13-9-23(10-14-25)34-29(28(32-30(34)38)27-8-4-5-18-31-27)21-17-19-33(20-21)22-6-2-1-3-7-22/h1-20,28-29H,(H,32,38). The van der Waals surface area contributed by atoms with Crippen LogP contribution in [0.3, 0.4) is 0 Å². The predicted octanol–water partition coefficient (Wildman–Crippen LogP) is 7.11. The first-order valence-electron chi connectivity index (χ1n) is 12.3. The first-order valence-corrected chi connectivity index (χ1v) is 13.6. The number of hydrogen-bond donors (Lipinski definition) is 1. The van der Waals surface area contributed by atoms with Crippen molar-refractivity contribution >= 4 is 40.5 Å². The molecule has 0 aliphatic carbocycles. The molecule has 1 aliphatic rings. The van der Waals surface area contributed by atoms with E-state index in [-0.39, 0.29) is 22.7 Å². The molecule has 192 valence electrons. The van der Waals surface area contributed by atoms with Crippen molar-refractivity contribution in [3.8, 4) is 5.69 Å². The van der Waals surface area contributed by atoms with Gasteiger partial charge in [-0.1, -0.05) is 36.0 Å². The van der Waals surface area contributed by atoms with E-state index in [1.54, 1.807) is 30.1 Å². The molecule has 3 aromatic carbocycles. The highest BCUT2D eigenvalue weighted by molar-refractivity contribution is 7.99. The third kappa shape index (κ3) is 5.14. The van der Waals surface area contributed by atoms with E-state index in [1.807, 2.05) is 48.5 Å². The first-order chi connectivity index (χ1) is 19.1. The Hall–Kier alpha value is -4.47. The van der Waals surface area contributed by atoms with Gasteiger partial charge >= 0.3 is 0 Å². The number of nitrogens with zero attached hydrogens (tertiary/aromatic N) is 4. The number of hydrogen-bond acceptors (Lipinski definition) is 5. The van der Waals surface area contributed by atoms with Gasteiger partial charge in [-0.25, -0.2) is 0 Å². The van der Waals surface area contributed by atoms with Crippen LogP contribution in [0.1, 0.15) is 23.3 Å². The Bertz CT molecular complexity index is 1610. The second-order valence-electron chi connectivity index (χ2n) is 9.03. The van der Waals surface area contributed by atoms with Crippen LogP contribution in [0.4, 0.5) is 11.4 Å². The van der Waals surface area contributed by atoms with Crippen LogP contribution in [0, 0.1) is 10.1 Å². The van der Waals surface area contributed by atoms with Gasteiger partial charge in [-0.15, -0.1) is 0 Å². The van der Waals surface area contributed by atoms with Gasteiger partial charge in [0.2, 0.25) is 0 Å². The SMILES string of the molecule is O=[N+]([O-])c1ccc(Sc2ccc(N3C(=S)NC(c4ccccn4)C3c3ccn(-c4ccccc4)c3)cc2)cc1. The van der Waals surface area contributed by atoms with Gasteiger partial charge in [-0.3, -0.25) is 15.1 Å². The molecule has 0 radical (unpaired) electrons. The van der Waals surface area contributed by atoms with Crippen LogP contribution in [-0.4, -0.2) is 19.6 Å². The zero-order chi connectivity index (χ0) is 26.8. The molecule has 7 nitrogen and oxygen atoms in total. The van der Waals surface area contributed by atoms with Gasteiger partial charge in [0, 0.05) is 51.9 Å². The largest absolute Gasteiger partial charge is 0.351 e. The molecule has 0 bridgehead atoms. The minimum atomic E-state index is -0.390. The van der Waals surface area contributed by atoms with Crippen molar-refractivity contribution in [1.82, 2.24) is 14.9 Å². The minimum Gasteiger partial charge on any atom is -0.351 e. The molecule has 0 saturated carbocycles. The normalized spacial score (nSPS) is 16.7. The van der Waals surface area contributed by atoms with E-state index in [1.165, 1.54) is 12.1 Å². The van der Waals surface area contributed by atoms with Crippen molar-refractivity contribution in [2.45, 2.75) is 21.9 Å². The lowest BCUT2D eigenvalue weighted by Gasteiger charge is -2.27. The summed E-state index contributed by atoms with van der Waals surface area (Å²) < 4.78 is 2.12. The molecule has 1 aliphatic heterocycles. The average Bonchev–Trinajstić information content (AvgIpc) is 3.59. The fraction of sp³-hybridized carbons (Fsp3) is 0.0667. The number of benzene rings is 3. The van der Waals surface area contributed by atoms with Gasteiger partial charge in [0.1, 0.15) is 0 Å². The molecular formula is C30H23N5O2S2. The first kappa shape index (κ1) is 24.8. The number of nitro groups is 1. The van der Waals surface area contributed by atoms with Crippen LogP contribution in [-0.2, 0) is 0 Å². The number of thiocarbonyl (C=S) groups is 1. The van der Waals surface area contributed by atoms with E-state index in [9.17, 15) is 10.1 Å². The van der Waals surface area contributed by atoms with Crippen molar-refractivity contribution in [3.63, 3.8) is 0 Å². The Morgan fingerprint density at radius 3 is 2.21 bits per heavy atom. The Balaban J connectivity index is 1.31. The van der Waals surface area contributed by atoms with Crippen molar-refractivity contribution in [2.75, 3.05) is 4.90 Å². The fourth-order valence-electron chi connectivity index (χ4n) is 4.77. The van der Waals surface area contributed by atoms with Gasteiger partial charge in [0.25, 0.3) is 5.69 Å². The third-order valence-electron chi connectivity index (χ3n) is 6.61. The predicted molar refractivity (Wildman–Crippen MR) is 157 cm³/mol. The Labute approximate surface area is 235 Å². The van der Waals surface area contributed by atoms with E-state index in [2.05, 4.69) is 62.5 Å². The van der Waals surface area contributed by atoms with Crippen molar-refractivity contribution in [1.29, 1.82) is 0 Å². The molecule has 2 aromatic heterocycles. The fourth-order valence-corrected chi connectivity index (χ4v) is 5.93. The van der Waals surface area contributed by atoms with Gasteiger partial charge in [-0.05, 0) is 84.5 Å². The lowest BCUT2D eigenvalue weighted by atomic mass is 9.98. The molecular weight excluding hydrogens is 526 g/mol. The molecule has 0 amide bonds. The number of nitro benzene ring substituents is 1. The molecule has 1 N–H and O–H groups in total. The quantitative estimate of drug-likeness (QED) is 0.132. The molecule has 2 unspecified atom stereocenters.